The number of nitrogens with zero attached hydrogens (tertiary/aromatic N) is 2. The van der Waals surface area contributed by atoms with Crippen molar-refractivity contribution in [1.29, 1.82) is 0 Å². The van der Waals surface area contributed by atoms with Crippen LogP contribution in [-0.2, 0) is 0 Å². The molecule has 0 aromatic carbocycles. The van der Waals surface area contributed by atoms with E-state index in [0.717, 1.165) is 0 Å². The number of carbonyl (C=O) groups is 1. The van der Waals surface area contributed by atoms with Gasteiger partial charge in [0.25, 0.3) is 5.91 Å². The first-order valence-electron chi connectivity index (χ1n) is 4.79. The fourth-order valence-corrected chi connectivity index (χ4v) is 1.35. The predicted octanol–water partition coefficient (Wildman–Crippen LogP) is 1.96. The molecule has 0 unspecified atom stereocenters. The maximum atomic E-state index is 11.8. The van der Waals surface area contributed by atoms with Gasteiger partial charge in [-0.2, -0.15) is 0 Å². The van der Waals surface area contributed by atoms with Crippen molar-refractivity contribution >= 4 is 28.9 Å². The van der Waals surface area contributed by atoms with Gasteiger partial charge in [0.2, 0.25) is 0 Å². The van der Waals surface area contributed by atoms with E-state index in [0.29, 0.717) is 16.4 Å². The summed E-state index contributed by atoms with van der Waals surface area (Å²) in [6, 6.07) is 4.73. The molecule has 0 fully saturated rings. The maximum Gasteiger partial charge on any atom is 0.274 e. The molecule has 0 saturated carbocycles. The standard InChI is InChI=1S/C11H9ClN4O/c12-8-3-4-14-6-10(8)16-11(17)9-2-1-7(13)5-15-9/h1-6H,13H2,(H,16,17). The third kappa shape index (κ3) is 2.70. The number of hydrogen-bond acceptors (Lipinski definition) is 4. The molecule has 2 aromatic heterocycles. The third-order valence-electron chi connectivity index (χ3n) is 2.04. The minimum atomic E-state index is -0.361. The maximum absolute atomic E-state index is 11.8. The quantitative estimate of drug-likeness (QED) is 0.851. The molecule has 6 heteroatoms. The molecule has 0 atom stereocenters. The van der Waals surface area contributed by atoms with E-state index < -0.39 is 0 Å². The molecule has 17 heavy (non-hydrogen) atoms. The van der Waals surface area contributed by atoms with Crippen LogP contribution in [-0.4, -0.2) is 15.9 Å². The van der Waals surface area contributed by atoms with Crippen molar-refractivity contribution < 1.29 is 4.79 Å². The van der Waals surface area contributed by atoms with Crippen molar-refractivity contribution in [2.24, 2.45) is 0 Å². The second kappa shape index (κ2) is 4.80. The van der Waals surface area contributed by atoms with E-state index in [1.807, 2.05) is 0 Å². The zero-order chi connectivity index (χ0) is 12.3. The van der Waals surface area contributed by atoms with Gasteiger partial charge in [0.05, 0.1) is 28.8 Å². The summed E-state index contributed by atoms with van der Waals surface area (Å²) in [6.45, 7) is 0. The van der Waals surface area contributed by atoms with E-state index in [-0.39, 0.29) is 11.6 Å². The summed E-state index contributed by atoms with van der Waals surface area (Å²) in [5, 5.41) is 3.03. The van der Waals surface area contributed by atoms with Crippen molar-refractivity contribution in [2.75, 3.05) is 11.1 Å². The molecule has 0 radical (unpaired) electrons. The van der Waals surface area contributed by atoms with Gasteiger partial charge in [-0.1, -0.05) is 11.6 Å². The first-order valence-corrected chi connectivity index (χ1v) is 5.17. The van der Waals surface area contributed by atoms with Crippen molar-refractivity contribution in [3.63, 3.8) is 0 Å². The molecule has 3 N–H and O–H groups in total. The molecule has 0 spiro atoms. The molecule has 0 bridgehead atoms. The number of nitrogens with two attached hydrogens (primary N) is 1. The Morgan fingerprint density at radius 1 is 1.29 bits per heavy atom. The highest BCUT2D eigenvalue weighted by atomic mass is 35.5. The fraction of sp³-hybridized carbons (Fsp3) is 0. The van der Waals surface area contributed by atoms with Gasteiger partial charge in [0.15, 0.2) is 0 Å². The predicted molar refractivity (Wildman–Crippen MR) is 65.8 cm³/mol. The summed E-state index contributed by atoms with van der Waals surface area (Å²) in [6.07, 6.45) is 4.43. The topological polar surface area (TPSA) is 80.9 Å². The summed E-state index contributed by atoms with van der Waals surface area (Å²) < 4.78 is 0. The first-order chi connectivity index (χ1) is 8.16. The molecule has 0 aliphatic carbocycles. The summed E-state index contributed by atoms with van der Waals surface area (Å²) >= 11 is 5.89. The summed E-state index contributed by atoms with van der Waals surface area (Å²) in [4.78, 5) is 19.5. The molecular weight excluding hydrogens is 240 g/mol. The Hall–Kier alpha value is -2.14. The highest BCUT2D eigenvalue weighted by molar-refractivity contribution is 6.33. The van der Waals surface area contributed by atoms with Crippen LogP contribution in [0.15, 0.2) is 36.8 Å². The molecule has 5 nitrogen and oxygen atoms in total. The van der Waals surface area contributed by atoms with Gasteiger partial charge in [-0.05, 0) is 18.2 Å². The van der Waals surface area contributed by atoms with Crippen LogP contribution in [0.25, 0.3) is 0 Å². The molecule has 1 amide bonds. The van der Waals surface area contributed by atoms with Gasteiger partial charge in [-0.15, -0.1) is 0 Å². The number of nitrogen functional groups attached to an aromatic ring is 1. The zero-order valence-electron chi connectivity index (χ0n) is 8.72. The van der Waals surface area contributed by atoms with E-state index in [1.165, 1.54) is 18.5 Å². The summed E-state index contributed by atoms with van der Waals surface area (Å²) in [7, 11) is 0. The number of halogens is 1. The van der Waals surface area contributed by atoms with E-state index in [9.17, 15) is 4.79 Å². The number of aromatic nitrogens is 2. The second-order valence-electron chi connectivity index (χ2n) is 3.29. The van der Waals surface area contributed by atoms with E-state index in [2.05, 4.69) is 15.3 Å². The van der Waals surface area contributed by atoms with Crippen LogP contribution in [0, 0.1) is 0 Å². The average molecular weight is 249 g/mol. The van der Waals surface area contributed by atoms with Crippen LogP contribution >= 0.6 is 11.6 Å². The molecule has 0 saturated heterocycles. The van der Waals surface area contributed by atoms with E-state index in [1.54, 1.807) is 18.3 Å². The van der Waals surface area contributed by atoms with Crippen molar-refractivity contribution in [3.05, 3.63) is 47.5 Å². The first kappa shape index (κ1) is 11.3. The van der Waals surface area contributed by atoms with Crippen molar-refractivity contribution in [1.82, 2.24) is 9.97 Å². The molecule has 0 aliphatic rings. The van der Waals surface area contributed by atoms with Crippen molar-refractivity contribution in [3.8, 4) is 0 Å². The van der Waals surface area contributed by atoms with Crippen LogP contribution in [0.1, 0.15) is 10.5 Å². The lowest BCUT2D eigenvalue weighted by Crippen LogP contribution is -2.14. The SMILES string of the molecule is Nc1ccc(C(=O)Nc2cnccc2Cl)nc1. The van der Waals surface area contributed by atoms with Gasteiger partial charge in [0, 0.05) is 6.20 Å². The van der Waals surface area contributed by atoms with Gasteiger partial charge < -0.3 is 11.1 Å². The Morgan fingerprint density at radius 2 is 2.12 bits per heavy atom. The second-order valence-corrected chi connectivity index (χ2v) is 3.69. The van der Waals surface area contributed by atoms with Crippen LogP contribution in [0.4, 0.5) is 11.4 Å². The van der Waals surface area contributed by atoms with Gasteiger partial charge in [-0.3, -0.25) is 9.78 Å². The number of anilines is 2. The number of carbonyl (C=O) groups excluding carboxylic acids is 1. The Labute approximate surface area is 103 Å². The van der Waals surface area contributed by atoms with Crippen LogP contribution in [0.5, 0.6) is 0 Å². The average Bonchev–Trinajstić information content (AvgIpc) is 2.33. The molecule has 86 valence electrons. The van der Waals surface area contributed by atoms with Crippen LogP contribution < -0.4 is 11.1 Å². The Balaban J connectivity index is 2.17. The molecule has 2 aromatic rings. The molecule has 0 aliphatic heterocycles. The van der Waals surface area contributed by atoms with Crippen LogP contribution in [0.3, 0.4) is 0 Å². The van der Waals surface area contributed by atoms with E-state index in [4.69, 9.17) is 17.3 Å². The monoisotopic (exact) mass is 248 g/mol. The Kier molecular flexibility index (Phi) is 3.20. The Morgan fingerprint density at radius 3 is 2.76 bits per heavy atom. The lowest BCUT2D eigenvalue weighted by Gasteiger charge is -2.05. The highest BCUT2D eigenvalue weighted by Gasteiger charge is 2.09. The molecule has 2 heterocycles. The fourth-order valence-electron chi connectivity index (χ4n) is 1.20. The Bertz CT molecular complexity index is 541. The number of hydrogen-bond donors (Lipinski definition) is 2. The lowest BCUT2D eigenvalue weighted by molar-refractivity contribution is 0.102. The minimum absolute atomic E-state index is 0.263. The van der Waals surface area contributed by atoms with Crippen LogP contribution in [0.2, 0.25) is 5.02 Å². The largest absolute Gasteiger partial charge is 0.397 e. The van der Waals surface area contributed by atoms with Gasteiger partial charge >= 0.3 is 0 Å². The molecule has 2 rings (SSSR count). The van der Waals surface area contributed by atoms with Gasteiger partial charge in [0.1, 0.15) is 5.69 Å². The van der Waals surface area contributed by atoms with Gasteiger partial charge in [-0.25, -0.2) is 4.98 Å². The number of amides is 1. The molecular formula is C11H9ClN4O. The van der Waals surface area contributed by atoms with Crippen molar-refractivity contribution in [2.45, 2.75) is 0 Å². The minimum Gasteiger partial charge on any atom is -0.397 e. The number of rotatable bonds is 2. The number of nitrogens with one attached hydrogen (secondary N) is 1. The third-order valence-corrected chi connectivity index (χ3v) is 2.36. The normalized spacial score (nSPS) is 9.94. The number of pyridine rings is 2. The lowest BCUT2D eigenvalue weighted by atomic mass is 10.3. The highest BCUT2D eigenvalue weighted by Crippen LogP contribution is 2.19. The summed E-state index contributed by atoms with van der Waals surface area (Å²) in [5.74, 6) is -0.361. The van der Waals surface area contributed by atoms with E-state index >= 15 is 0 Å². The smallest absolute Gasteiger partial charge is 0.274 e. The summed E-state index contributed by atoms with van der Waals surface area (Å²) in [5.41, 5.74) is 6.68. The zero-order valence-corrected chi connectivity index (χ0v) is 9.48.